The second-order valence-electron chi connectivity index (χ2n) is 5.51. The van der Waals surface area contributed by atoms with Gasteiger partial charge in [0.2, 0.25) is 5.76 Å². The lowest BCUT2D eigenvalue weighted by Gasteiger charge is -2.21. The minimum Gasteiger partial charge on any atom is -0.351 e. The Morgan fingerprint density at radius 3 is 3.05 bits per heavy atom. The molecule has 0 aliphatic carbocycles. The third-order valence-electron chi connectivity index (χ3n) is 3.95. The maximum Gasteiger partial charge on any atom is 0.293 e. The number of aromatic nitrogens is 2. The van der Waals surface area contributed by atoms with Gasteiger partial charge < -0.3 is 9.42 Å². The van der Waals surface area contributed by atoms with E-state index in [0.717, 1.165) is 40.3 Å². The molecule has 1 unspecified atom stereocenters. The van der Waals surface area contributed by atoms with Crippen molar-refractivity contribution in [1.29, 1.82) is 0 Å². The van der Waals surface area contributed by atoms with E-state index >= 15 is 0 Å². The molecular formula is C16H15N3O2S. The molecule has 3 aromatic rings. The van der Waals surface area contributed by atoms with Gasteiger partial charge in [-0.05, 0) is 31.9 Å². The first-order chi connectivity index (χ1) is 10.7. The molecule has 0 radical (unpaired) electrons. The van der Waals surface area contributed by atoms with E-state index in [2.05, 4.69) is 11.2 Å². The van der Waals surface area contributed by atoms with Crippen LogP contribution in [0.2, 0.25) is 0 Å². The highest BCUT2D eigenvalue weighted by molar-refractivity contribution is 7.18. The molecule has 1 aliphatic rings. The molecule has 1 fully saturated rings. The van der Waals surface area contributed by atoms with Gasteiger partial charge in [0.1, 0.15) is 5.01 Å². The Kier molecular flexibility index (Phi) is 3.18. The van der Waals surface area contributed by atoms with Crippen LogP contribution in [0.25, 0.3) is 10.2 Å². The van der Waals surface area contributed by atoms with Gasteiger partial charge in [0.25, 0.3) is 5.91 Å². The number of carbonyl (C=O) groups is 1. The molecule has 0 spiro atoms. The van der Waals surface area contributed by atoms with Crippen LogP contribution in [-0.4, -0.2) is 27.5 Å². The van der Waals surface area contributed by atoms with Gasteiger partial charge in [-0.1, -0.05) is 17.3 Å². The standard InChI is InChI=1S/C16H15N3O2S/c1-10-9-13(21-18-10)16(20)19-8-4-6-12(19)15-17-11-5-2-3-7-14(11)22-15/h2-3,5,7,9,12H,4,6,8H2,1H3. The fourth-order valence-corrected chi connectivity index (χ4v) is 4.02. The van der Waals surface area contributed by atoms with Crippen LogP contribution < -0.4 is 0 Å². The predicted octanol–water partition coefficient (Wildman–Crippen LogP) is 3.57. The fraction of sp³-hybridized carbons (Fsp3) is 0.312. The Morgan fingerprint density at radius 1 is 1.41 bits per heavy atom. The van der Waals surface area contributed by atoms with Gasteiger partial charge in [-0.25, -0.2) is 4.98 Å². The second-order valence-corrected chi connectivity index (χ2v) is 6.57. The van der Waals surface area contributed by atoms with Crippen LogP contribution in [0.3, 0.4) is 0 Å². The van der Waals surface area contributed by atoms with Crippen LogP contribution in [0.1, 0.15) is 40.1 Å². The molecule has 6 heteroatoms. The lowest BCUT2D eigenvalue weighted by atomic mass is 10.2. The van der Waals surface area contributed by atoms with E-state index in [9.17, 15) is 4.79 Å². The number of para-hydroxylation sites is 1. The molecule has 1 atom stereocenters. The summed E-state index contributed by atoms with van der Waals surface area (Å²) in [6, 6.07) is 9.80. The van der Waals surface area contributed by atoms with Crippen molar-refractivity contribution < 1.29 is 9.32 Å². The highest BCUT2D eigenvalue weighted by atomic mass is 32.1. The molecule has 1 aliphatic heterocycles. The SMILES string of the molecule is Cc1cc(C(=O)N2CCCC2c2nc3ccccc3s2)on1. The van der Waals surface area contributed by atoms with Crippen LogP contribution in [0.4, 0.5) is 0 Å². The van der Waals surface area contributed by atoms with Crippen molar-refractivity contribution in [2.45, 2.75) is 25.8 Å². The topological polar surface area (TPSA) is 59.2 Å². The molecule has 1 aromatic carbocycles. The highest BCUT2D eigenvalue weighted by Gasteiger charge is 2.34. The van der Waals surface area contributed by atoms with Gasteiger partial charge >= 0.3 is 0 Å². The van der Waals surface area contributed by atoms with Crippen molar-refractivity contribution >= 4 is 27.5 Å². The lowest BCUT2D eigenvalue weighted by Crippen LogP contribution is -2.30. The molecule has 22 heavy (non-hydrogen) atoms. The zero-order chi connectivity index (χ0) is 15.1. The van der Waals surface area contributed by atoms with Gasteiger partial charge in [0.05, 0.1) is 22.0 Å². The number of nitrogens with zero attached hydrogens (tertiary/aromatic N) is 3. The van der Waals surface area contributed by atoms with Gasteiger partial charge in [-0.2, -0.15) is 0 Å². The summed E-state index contributed by atoms with van der Waals surface area (Å²) in [4.78, 5) is 19.2. The Hall–Kier alpha value is -2.21. The normalized spacial score (nSPS) is 18.2. The molecule has 1 amide bonds. The molecule has 0 bridgehead atoms. The molecule has 3 heterocycles. The predicted molar refractivity (Wildman–Crippen MR) is 83.9 cm³/mol. The van der Waals surface area contributed by atoms with Crippen molar-refractivity contribution in [3.05, 3.63) is 46.8 Å². The first kappa shape index (κ1) is 13.5. The van der Waals surface area contributed by atoms with Crippen LogP contribution >= 0.6 is 11.3 Å². The third-order valence-corrected chi connectivity index (χ3v) is 5.09. The summed E-state index contributed by atoms with van der Waals surface area (Å²) in [6.07, 6.45) is 1.93. The van der Waals surface area contributed by atoms with E-state index in [1.807, 2.05) is 30.0 Å². The summed E-state index contributed by atoms with van der Waals surface area (Å²) in [5.74, 6) is 0.216. The zero-order valence-electron chi connectivity index (χ0n) is 12.2. The number of likely N-dealkylation sites (tertiary alicyclic amines) is 1. The van der Waals surface area contributed by atoms with Crippen molar-refractivity contribution in [3.8, 4) is 0 Å². The molecular weight excluding hydrogens is 298 g/mol. The molecule has 112 valence electrons. The van der Waals surface area contributed by atoms with Gasteiger partial charge in [-0.15, -0.1) is 11.3 Å². The fourth-order valence-electron chi connectivity index (χ4n) is 2.91. The smallest absolute Gasteiger partial charge is 0.293 e. The summed E-state index contributed by atoms with van der Waals surface area (Å²) < 4.78 is 6.28. The number of thiazole rings is 1. The molecule has 1 saturated heterocycles. The summed E-state index contributed by atoms with van der Waals surface area (Å²) in [5, 5.41) is 4.81. The average Bonchev–Trinajstić information content (AvgIpc) is 3.24. The monoisotopic (exact) mass is 313 g/mol. The van der Waals surface area contributed by atoms with Crippen LogP contribution in [0.5, 0.6) is 0 Å². The second kappa shape index (κ2) is 5.21. The number of fused-ring (bicyclic) bond motifs is 1. The Labute approximate surface area is 131 Å². The summed E-state index contributed by atoms with van der Waals surface area (Å²) in [5.41, 5.74) is 1.72. The highest BCUT2D eigenvalue weighted by Crippen LogP contribution is 2.37. The molecule has 2 aromatic heterocycles. The van der Waals surface area contributed by atoms with Crippen LogP contribution in [0, 0.1) is 6.92 Å². The molecule has 5 nitrogen and oxygen atoms in total. The summed E-state index contributed by atoms with van der Waals surface area (Å²) in [7, 11) is 0. The molecule has 4 rings (SSSR count). The number of hydrogen-bond donors (Lipinski definition) is 0. The number of carbonyl (C=O) groups excluding carboxylic acids is 1. The van der Waals surface area contributed by atoms with E-state index in [1.54, 1.807) is 17.4 Å². The number of rotatable bonds is 2. The molecule has 0 N–H and O–H groups in total. The van der Waals surface area contributed by atoms with Crippen molar-refractivity contribution in [2.24, 2.45) is 0 Å². The summed E-state index contributed by atoms with van der Waals surface area (Å²) in [6.45, 7) is 2.55. The van der Waals surface area contributed by atoms with Gasteiger partial charge in [0, 0.05) is 12.6 Å². The number of aryl methyl sites for hydroxylation is 1. The average molecular weight is 313 g/mol. The number of amides is 1. The van der Waals surface area contributed by atoms with Crippen LogP contribution in [0.15, 0.2) is 34.9 Å². The Bertz CT molecular complexity index is 806. The van der Waals surface area contributed by atoms with Gasteiger partial charge in [0.15, 0.2) is 0 Å². The first-order valence-corrected chi connectivity index (χ1v) is 8.14. The van der Waals surface area contributed by atoms with Gasteiger partial charge in [-0.3, -0.25) is 4.79 Å². The van der Waals surface area contributed by atoms with E-state index in [0.29, 0.717) is 5.76 Å². The van der Waals surface area contributed by atoms with E-state index < -0.39 is 0 Å². The van der Waals surface area contributed by atoms with Crippen molar-refractivity contribution in [2.75, 3.05) is 6.54 Å². The van der Waals surface area contributed by atoms with E-state index in [1.165, 1.54) is 0 Å². The van der Waals surface area contributed by atoms with E-state index in [-0.39, 0.29) is 11.9 Å². The zero-order valence-corrected chi connectivity index (χ0v) is 13.0. The van der Waals surface area contributed by atoms with E-state index in [4.69, 9.17) is 9.51 Å². The van der Waals surface area contributed by atoms with Crippen molar-refractivity contribution in [3.63, 3.8) is 0 Å². The van der Waals surface area contributed by atoms with Crippen molar-refractivity contribution in [1.82, 2.24) is 15.0 Å². The third kappa shape index (κ3) is 2.20. The largest absolute Gasteiger partial charge is 0.351 e. The number of benzene rings is 1. The molecule has 0 saturated carbocycles. The Morgan fingerprint density at radius 2 is 2.27 bits per heavy atom. The maximum absolute atomic E-state index is 12.6. The van der Waals surface area contributed by atoms with Crippen LogP contribution in [-0.2, 0) is 0 Å². The lowest BCUT2D eigenvalue weighted by molar-refractivity contribution is 0.0693. The maximum atomic E-state index is 12.6. The minimum absolute atomic E-state index is 0.0373. The minimum atomic E-state index is -0.0950. The Balaban J connectivity index is 1.67. The quantitative estimate of drug-likeness (QED) is 0.725. The summed E-state index contributed by atoms with van der Waals surface area (Å²) >= 11 is 1.66. The first-order valence-electron chi connectivity index (χ1n) is 7.32. The number of hydrogen-bond acceptors (Lipinski definition) is 5.